The summed E-state index contributed by atoms with van der Waals surface area (Å²) >= 11 is 0.977. The molecule has 0 bridgehead atoms. The fourth-order valence-electron chi connectivity index (χ4n) is 7.29. The number of rotatable bonds is 20. The molecule has 3 N–H and O–H groups in total. The van der Waals surface area contributed by atoms with Crippen molar-refractivity contribution in [1.82, 2.24) is 28.8 Å². The summed E-state index contributed by atoms with van der Waals surface area (Å²) in [6.07, 6.45) is -1.46. The third kappa shape index (κ3) is 13.8. The summed E-state index contributed by atoms with van der Waals surface area (Å²) < 4.78 is 36.7. The Hall–Kier alpha value is -5.86. The van der Waals surface area contributed by atoms with Gasteiger partial charge in [0.2, 0.25) is 11.7 Å². The van der Waals surface area contributed by atoms with Crippen LogP contribution in [-0.4, -0.2) is 143 Å². The quantitative estimate of drug-likeness (QED) is 0.0789. The van der Waals surface area contributed by atoms with E-state index in [0.717, 1.165) is 31.4 Å². The van der Waals surface area contributed by atoms with Gasteiger partial charge in [0.05, 0.1) is 55.5 Å². The number of hydrogen-bond acceptors (Lipinski definition) is 16. The number of anilines is 2. The number of esters is 3. The van der Waals surface area contributed by atoms with Crippen LogP contribution in [0.4, 0.5) is 11.5 Å². The van der Waals surface area contributed by atoms with E-state index in [2.05, 4.69) is 43.1 Å². The van der Waals surface area contributed by atoms with Gasteiger partial charge >= 0.3 is 17.9 Å². The highest BCUT2D eigenvalue weighted by molar-refractivity contribution is 6.99. The van der Waals surface area contributed by atoms with Crippen molar-refractivity contribution in [1.29, 1.82) is 0 Å². The van der Waals surface area contributed by atoms with Gasteiger partial charge in [0.25, 0.3) is 17.7 Å². The molecular weight excluding hydrogens is 861 g/mol. The zero-order valence-corrected chi connectivity index (χ0v) is 38.9. The summed E-state index contributed by atoms with van der Waals surface area (Å²) in [7, 11) is 0. The topological polar surface area (TPSA) is 224 Å². The van der Waals surface area contributed by atoms with Crippen LogP contribution in [-0.2, 0) is 38.2 Å². The lowest BCUT2D eigenvalue weighted by molar-refractivity contribution is -0.173. The number of benzene rings is 1. The van der Waals surface area contributed by atoms with Crippen molar-refractivity contribution in [2.45, 2.75) is 100 Å². The number of aromatic nitrogens is 3. The summed E-state index contributed by atoms with van der Waals surface area (Å²) in [6, 6.07) is 4.66. The zero-order valence-electron chi connectivity index (χ0n) is 38.1. The molecule has 4 heterocycles. The molecule has 2 aromatic heterocycles. The number of nitrogens with one attached hydrogen (secondary N) is 3. The average Bonchev–Trinajstić information content (AvgIpc) is 3.93. The first-order valence-corrected chi connectivity index (χ1v) is 22.2. The van der Waals surface area contributed by atoms with E-state index in [4.69, 9.17) is 23.7 Å². The number of nitrogens with zero attached hydrogens (tertiary/aromatic N) is 5. The Bertz CT molecular complexity index is 2200. The molecule has 0 aliphatic carbocycles. The molecule has 3 amide bonds. The predicted molar refractivity (Wildman–Crippen MR) is 246 cm³/mol. The second-order valence-electron chi connectivity index (χ2n) is 16.4. The third-order valence-corrected chi connectivity index (χ3v) is 11.3. The fraction of sp³-hybridized carbons (Fsp3) is 0.556. The largest absolute Gasteiger partial charge is 0.470 e. The number of H-pyrrole nitrogens is 1. The summed E-state index contributed by atoms with van der Waals surface area (Å²) in [5.41, 5.74) is 3.11. The molecule has 0 unspecified atom stereocenters. The molecule has 2 atom stereocenters. The van der Waals surface area contributed by atoms with Gasteiger partial charge in [0, 0.05) is 61.3 Å². The molecular formula is C45H64N8O11S. The summed E-state index contributed by atoms with van der Waals surface area (Å²) in [6.45, 7) is 21.1. The first kappa shape index (κ1) is 51.8. The van der Waals surface area contributed by atoms with Gasteiger partial charge in [-0.05, 0) is 84.5 Å². The molecule has 356 valence electrons. The van der Waals surface area contributed by atoms with E-state index < -0.39 is 42.1 Å². The highest BCUT2D eigenvalue weighted by Gasteiger charge is 2.32. The number of aromatic amines is 1. The molecule has 1 saturated heterocycles. The lowest BCUT2D eigenvalue weighted by atomic mass is 10.0. The lowest BCUT2D eigenvalue weighted by Gasteiger charge is -2.37. The second kappa shape index (κ2) is 23.4. The smallest absolute Gasteiger partial charge is 0.347 e. The lowest BCUT2D eigenvalue weighted by Crippen LogP contribution is -2.50. The van der Waals surface area contributed by atoms with Crippen LogP contribution in [0, 0.1) is 13.8 Å². The van der Waals surface area contributed by atoms with Crippen LogP contribution < -0.4 is 25.0 Å². The molecule has 0 radical (unpaired) electrons. The number of carbonyl (C=O) groups excluding carboxylic acids is 6. The Morgan fingerprint density at radius 1 is 1.03 bits per heavy atom. The third-order valence-electron chi connectivity index (χ3n) is 10.8. The molecule has 2 aliphatic heterocycles. The van der Waals surface area contributed by atoms with E-state index >= 15 is 0 Å². The van der Waals surface area contributed by atoms with Crippen LogP contribution in [0.15, 0.2) is 18.2 Å². The maximum Gasteiger partial charge on any atom is 0.347 e. The number of amides is 3. The second-order valence-corrected chi connectivity index (χ2v) is 17.0. The van der Waals surface area contributed by atoms with Gasteiger partial charge in [-0.25, -0.2) is 4.79 Å². The van der Waals surface area contributed by atoms with E-state index in [1.54, 1.807) is 30.0 Å². The fourth-order valence-corrected chi connectivity index (χ4v) is 7.81. The molecule has 19 nitrogen and oxygen atoms in total. The van der Waals surface area contributed by atoms with Crippen molar-refractivity contribution in [3.8, 4) is 11.6 Å². The number of carbonyl (C=O) groups is 6. The monoisotopic (exact) mass is 924 g/mol. The van der Waals surface area contributed by atoms with Crippen molar-refractivity contribution >= 4 is 70.5 Å². The molecule has 20 heteroatoms. The van der Waals surface area contributed by atoms with Gasteiger partial charge in [-0.2, -0.15) is 4.37 Å². The molecule has 65 heavy (non-hydrogen) atoms. The van der Waals surface area contributed by atoms with Gasteiger partial charge in [-0.3, -0.25) is 24.0 Å². The highest BCUT2D eigenvalue weighted by atomic mass is 32.1. The maximum atomic E-state index is 13.3. The summed E-state index contributed by atoms with van der Waals surface area (Å²) in [5.74, 6) is -2.37. The van der Waals surface area contributed by atoms with Crippen molar-refractivity contribution in [3.63, 3.8) is 0 Å². The number of morpholine rings is 1. The summed E-state index contributed by atoms with van der Waals surface area (Å²) in [4.78, 5) is 86.9. The van der Waals surface area contributed by atoms with Gasteiger partial charge in [0.15, 0.2) is 12.2 Å². The van der Waals surface area contributed by atoms with Crippen LogP contribution in [0.5, 0.6) is 11.6 Å². The van der Waals surface area contributed by atoms with Crippen LogP contribution in [0.25, 0.3) is 11.6 Å². The number of likely N-dealkylation sites (N-methyl/N-ethyl adjacent to an activating group) is 1. The number of fused-ring (bicyclic) bond motifs is 1. The van der Waals surface area contributed by atoms with Crippen molar-refractivity contribution < 1.29 is 52.5 Å². The average molecular weight is 925 g/mol. The molecule has 1 fully saturated rings. The Labute approximate surface area is 384 Å². The van der Waals surface area contributed by atoms with Crippen LogP contribution in [0.1, 0.15) is 102 Å². The zero-order chi connectivity index (χ0) is 46.7. The molecule has 5 rings (SSSR count). The molecule has 1 aromatic carbocycles. The van der Waals surface area contributed by atoms with E-state index in [1.165, 1.54) is 19.9 Å². The van der Waals surface area contributed by atoms with Crippen LogP contribution in [0.2, 0.25) is 0 Å². The molecule has 0 saturated carbocycles. The van der Waals surface area contributed by atoms with Gasteiger partial charge in [0.1, 0.15) is 12.4 Å². The van der Waals surface area contributed by atoms with Crippen molar-refractivity contribution in [3.05, 3.63) is 46.3 Å². The van der Waals surface area contributed by atoms with Crippen molar-refractivity contribution in [2.24, 2.45) is 0 Å². The SMILES string of the molecule is C.CCN(CC)CCNC(=O)c1c(C)[nH]c(/C=C2\C(=O)Nc3ccc(OC(=O)CCC(=O)O[C@@H](C)C(=O)O[C@H](COc4nsnc4N4CCOCC4)CN(C(C)=O)C(C)(C)C)cc32)c1C. The Balaban J connectivity index is 0.00000925. The van der Waals surface area contributed by atoms with E-state index in [1.807, 2.05) is 32.6 Å². The van der Waals surface area contributed by atoms with E-state index in [9.17, 15) is 28.8 Å². The Kier molecular flexibility index (Phi) is 18.6. The molecule has 0 spiro atoms. The minimum absolute atomic E-state index is 0. The van der Waals surface area contributed by atoms with Crippen LogP contribution in [0.3, 0.4) is 0 Å². The maximum absolute atomic E-state index is 13.3. The van der Waals surface area contributed by atoms with E-state index in [0.29, 0.717) is 78.0 Å². The predicted octanol–water partition coefficient (Wildman–Crippen LogP) is 4.78. The first-order chi connectivity index (χ1) is 30.4. The standard InChI is InChI=1S/C44H60N8O11S.CH4/c1-10-50(11-2)17-16-45-41(57)38-26(3)35(46-27(38)4)23-33-32-22-30(12-13-34(32)47-40(33)56)62-37(55)15-14-36(54)61-28(5)43(58)63-31(24-52(29(6)53)44(7,8)9)25-60-42-39(48-64-49-42)51-18-20-59-21-19-51;/h12-13,22-23,28,31,46H,10-11,14-21,24-25H2,1-9H3,(H,45,57)(H,47,56);1H4/b33-23-;/t28-,31-;/m0./s1. The Morgan fingerprint density at radius 2 is 1.72 bits per heavy atom. The minimum Gasteiger partial charge on any atom is -0.470 e. The number of hydrogen-bond donors (Lipinski definition) is 3. The first-order valence-electron chi connectivity index (χ1n) is 21.4. The number of aryl methyl sites for hydroxylation is 1. The Morgan fingerprint density at radius 3 is 2.38 bits per heavy atom. The highest BCUT2D eigenvalue weighted by Crippen LogP contribution is 2.37. The normalized spacial score (nSPS) is 15.1. The van der Waals surface area contributed by atoms with Gasteiger partial charge in [-0.1, -0.05) is 21.3 Å². The number of ether oxygens (including phenoxy) is 5. The van der Waals surface area contributed by atoms with Gasteiger partial charge in [-0.15, -0.1) is 4.37 Å². The molecule has 2 aliphatic rings. The van der Waals surface area contributed by atoms with E-state index in [-0.39, 0.29) is 56.4 Å². The van der Waals surface area contributed by atoms with Crippen LogP contribution >= 0.6 is 11.7 Å². The minimum atomic E-state index is -1.36. The summed E-state index contributed by atoms with van der Waals surface area (Å²) in [5, 5.41) is 5.79. The molecule has 3 aromatic rings. The van der Waals surface area contributed by atoms with Gasteiger partial charge < -0.3 is 54.0 Å². The van der Waals surface area contributed by atoms with Crippen molar-refractivity contribution in [2.75, 3.05) is 75.9 Å².